The SMILES string of the molecule is CC1=NN(c2ccc(C(=O)N[C@H]3CCCO[C@@H]3c3nccn3C)cc2)CC1. The third-order valence-electron chi connectivity index (χ3n) is 5.16. The van der Waals surface area contributed by atoms with Gasteiger partial charge in [-0.25, -0.2) is 4.98 Å². The van der Waals surface area contributed by atoms with Crippen LogP contribution in [0.3, 0.4) is 0 Å². The number of benzene rings is 1. The quantitative estimate of drug-likeness (QED) is 0.902. The molecule has 1 N–H and O–H groups in total. The molecule has 1 amide bonds. The molecule has 2 aliphatic rings. The molecule has 4 rings (SSSR count). The number of rotatable bonds is 4. The third-order valence-corrected chi connectivity index (χ3v) is 5.16. The Labute approximate surface area is 159 Å². The van der Waals surface area contributed by atoms with Crippen LogP contribution in [0.2, 0.25) is 0 Å². The maximum Gasteiger partial charge on any atom is 0.251 e. The summed E-state index contributed by atoms with van der Waals surface area (Å²) in [7, 11) is 1.94. The summed E-state index contributed by atoms with van der Waals surface area (Å²) in [5.74, 6) is 0.759. The number of anilines is 1. The van der Waals surface area contributed by atoms with Crippen molar-refractivity contribution in [1.82, 2.24) is 14.9 Å². The van der Waals surface area contributed by atoms with E-state index in [0.717, 1.165) is 43.0 Å². The molecule has 142 valence electrons. The van der Waals surface area contributed by atoms with Crippen molar-refractivity contribution in [3.63, 3.8) is 0 Å². The minimum absolute atomic E-state index is 0.0853. The van der Waals surface area contributed by atoms with Crippen LogP contribution in [-0.4, -0.2) is 40.4 Å². The minimum Gasteiger partial charge on any atom is -0.368 e. The summed E-state index contributed by atoms with van der Waals surface area (Å²) in [6.45, 7) is 3.61. The molecule has 1 saturated heterocycles. The molecule has 0 spiro atoms. The van der Waals surface area contributed by atoms with Crippen LogP contribution in [0.25, 0.3) is 0 Å². The van der Waals surface area contributed by atoms with Crippen molar-refractivity contribution < 1.29 is 9.53 Å². The van der Waals surface area contributed by atoms with E-state index < -0.39 is 0 Å². The Morgan fingerprint density at radius 1 is 1.30 bits per heavy atom. The Hall–Kier alpha value is -2.67. The van der Waals surface area contributed by atoms with Gasteiger partial charge in [0, 0.05) is 50.3 Å². The van der Waals surface area contributed by atoms with Crippen LogP contribution in [-0.2, 0) is 11.8 Å². The fourth-order valence-corrected chi connectivity index (χ4v) is 3.63. The molecule has 2 aromatic rings. The van der Waals surface area contributed by atoms with Crippen LogP contribution in [0.5, 0.6) is 0 Å². The van der Waals surface area contributed by atoms with Crippen LogP contribution in [0, 0.1) is 0 Å². The number of nitrogens with one attached hydrogen (secondary N) is 1. The van der Waals surface area contributed by atoms with E-state index in [1.54, 1.807) is 6.20 Å². The Balaban J connectivity index is 1.45. The number of carbonyl (C=O) groups excluding carboxylic acids is 1. The van der Waals surface area contributed by atoms with Crippen molar-refractivity contribution in [3.05, 3.63) is 48.0 Å². The number of hydrazone groups is 1. The fraction of sp³-hybridized carbons (Fsp3) is 0.450. The molecule has 27 heavy (non-hydrogen) atoms. The maximum absolute atomic E-state index is 12.8. The Kier molecular flexibility index (Phi) is 4.94. The van der Waals surface area contributed by atoms with Crippen LogP contribution in [0.4, 0.5) is 5.69 Å². The Morgan fingerprint density at radius 2 is 2.11 bits per heavy atom. The van der Waals surface area contributed by atoms with E-state index in [9.17, 15) is 4.79 Å². The van der Waals surface area contributed by atoms with Gasteiger partial charge in [0.05, 0.1) is 11.7 Å². The van der Waals surface area contributed by atoms with Gasteiger partial charge in [0.15, 0.2) is 0 Å². The predicted octanol–water partition coefficient (Wildman–Crippen LogP) is 2.66. The highest BCUT2D eigenvalue weighted by Crippen LogP contribution is 2.27. The summed E-state index contributed by atoms with van der Waals surface area (Å²) in [6.07, 6.45) is 6.23. The van der Waals surface area contributed by atoms with Crippen LogP contribution >= 0.6 is 0 Å². The second kappa shape index (κ2) is 7.52. The zero-order valence-electron chi connectivity index (χ0n) is 15.8. The average molecular weight is 367 g/mol. The lowest BCUT2D eigenvalue weighted by Gasteiger charge is -2.32. The molecule has 0 saturated carbocycles. The molecule has 7 nitrogen and oxygen atoms in total. The highest BCUT2D eigenvalue weighted by molar-refractivity contribution is 5.95. The predicted molar refractivity (Wildman–Crippen MR) is 104 cm³/mol. The molecule has 1 aromatic heterocycles. The molecule has 2 atom stereocenters. The van der Waals surface area contributed by atoms with Crippen molar-refractivity contribution in [2.45, 2.75) is 38.3 Å². The van der Waals surface area contributed by atoms with Crippen molar-refractivity contribution in [3.8, 4) is 0 Å². The normalized spacial score (nSPS) is 22.6. The zero-order chi connectivity index (χ0) is 18.8. The summed E-state index contributed by atoms with van der Waals surface area (Å²) in [4.78, 5) is 17.2. The lowest BCUT2D eigenvalue weighted by Crippen LogP contribution is -2.43. The molecule has 2 aliphatic heterocycles. The van der Waals surface area contributed by atoms with Gasteiger partial charge >= 0.3 is 0 Å². The van der Waals surface area contributed by atoms with Gasteiger partial charge in [-0.2, -0.15) is 5.10 Å². The lowest BCUT2D eigenvalue weighted by molar-refractivity contribution is -0.0159. The van der Waals surface area contributed by atoms with Crippen LogP contribution in [0.15, 0.2) is 41.8 Å². The Bertz CT molecular complexity index is 842. The second-order valence-electron chi connectivity index (χ2n) is 7.17. The van der Waals surface area contributed by atoms with Gasteiger partial charge in [0.25, 0.3) is 5.91 Å². The number of aryl methyl sites for hydroxylation is 1. The summed E-state index contributed by atoms with van der Waals surface area (Å²) in [6, 6.07) is 7.52. The number of aromatic nitrogens is 2. The minimum atomic E-state index is -0.219. The highest BCUT2D eigenvalue weighted by Gasteiger charge is 2.31. The molecule has 0 unspecified atom stereocenters. The van der Waals surface area contributed by atoms with Gasteiger partial charge in [-0.15, -0.1) is 0 Å². The zero-order valence-corrected chi connectivity index (χ0v) is 15.8. The van der Waals surface area contributed by atoms with Gasteiger partial charge in [-0.05, 0) is 44.0 Å². The van der Waals surface area contributed by atoms with E-state index in [2.05, 4.69) is 15.4 Å². The first-order valence-corrected chi connectivity index (χ1v) is 9.43. The van der Waals surface area contributed by atoms with Gasteiger partial charge in [0.1, 0.15) is 11.9 Å². The molecular weight excluding hydrogens is 342 g/mol. The van der Waals surface area contributed by atoms with Crippen molar-refractivity contribution in [1.29, 1.82) is 0 Å². The molecule has 7 heteroatoms. The number of ether oxygens (including phenoxy) is 1. The van der Waals surface area contributed by atoms with E-state index in [0.29, 0.717) is 12.2 Å². The number of hydrogen-bond acceptors (Lipinski definition) is 5. The van der Waals surface area contributed by atoms with E-state index >= 15 is 0 Å². The number of carbonyl (C=O) groups is 1. The van der Waals surface area contributed by atoms with E-state index in [4.69, 9.17) is 4.74 Å². The Morgan fingerprint density at radius 3 is 2.78 bits per heavy atom. The molecular formula is C20H25N5O2. The topological polar surface area (TPSA) is 71.8 Å². The second-order valence-corrected chi connectivity index (χ2v) is 7.17. The number of amides is 1. The van der Waals surface area contributed by atoms with Gasteiger partial charge in [0.2, 0.25) is 0 Å². The van der Waals surface area contributed by atoms with Crippen molar-refractivity contribution >= 4 is 17.3 Å². The molecule has 3 heterocycles. The lowest BCUT2D eigenvalue weighted by atomic mass is 10.0. The molecule has 1 aromatic carbocycles. The van der Waals surface area contributed by atoms with Crippen molar-refractivity contribution in [2.75, 3.05) is 18.2 Å². The maximum atomic E-state index is 12.8. The number of hydrogen-bond donors (Lipinski definition) is 1. The van der Waals surface area contributed by atoms with Crippen LogP contribution in [0.1, 0.15) is 48.5 Å². The highest BCUT2D eigenvalue weighted by atomic mass is 16.5. The molecule has 1 fully saturated rings. The first-order chi connectivity index (χ1) is 13.1. The van der Waals surface area contributed by atoms with E-state index in [1.807, 2.05) is 54.0 Å². The molecule has 0 bridgehead atoms. The molecule has 0 radical (unpaired) electrons. The number of imidazole rings is 1. The average Bonchev–Trinajstić information content (AvgIpc) is 3.30. The largest absolute Gasteiger partial charge is 0.368 e. The van der Waals surface area contributed by atoms with Gasteiger partial charge < -0.3 is 14.6 Å². The van der Waals surface area contributed by atoms with Crippen molar-refractivity contribution in [2.24, 2.45) is 12.1 Å². The summed E-state index contributed by atoms with van der Waals surface area (Å²) in [5, 5.41) is 9.61. The first-order valence-electron chi connectivity index (χ1n) is 9.43. The standard InChI is InChI=1S/C20H25N5O2/c1-14-9-11-25(23-14)16-7-5-15(6-8-16)20(26)22-17-4-3-13-27-18(17)19-21-10-12-24(19)2/h5-8,10,12,17-18H,3-4,9,11,13H2,1-2H3,(H,22,26)/t17-,18-/m0/s1. The van der Waals surface area contributed by atoms with Crippen LogP contribution < -0.4 is 10.3 Å². The summed E-state index contributed by atoms with van der Waals surface area (Å²) >= 11 is 0. The van der Waals surface area contributed by atoms with E-state index in [1.165, 1.54) is 0 Å². The summed E-state index contributed by atoms with van der Waals surface area (Å²) in [5.41, 5.74) is 2.78. The fourth-order valence-electron chi connectivity index (χ4n) is 3.63. The van der Waals surface area contributed by atoms with Gasteiger partial charge in [-0.3, -0.25) is 9.80 Å². The van der Waals surface area contributed by atoms with Gasteiger partial charge in [-0.1, -0.05) is 0 Å². The summed E-state index contributed by atoms with van der Waals surface area (Å²) < 4.78 is 7.88. The number of nitrogens with zero attached hydrogens (tertiary/aromatic N) is 4. The monoisotopic (exact) mass is 367 g/mol. The smallest absolute Gasteiger partial charge is 0.251 e. The van der Waals surface area contributed by atoms with E-state index in [-0.39, 0.29) is 18.1 Å². The third kappa shape index (κ3) is 3.73. The molecule has 0 aliphatic carbocycles. The first kappa shape index (κ1) is 17.7.